The molecular formula is C21H25ClN4O4S. The van der Waals surface area contributed by atoms with Gasteiger partial charge >= 0.3 is 0 Å². The lowest BCUT2D eigenvalue weighted by Gasteiger charge is -2.39. The van der Waals surface area contributed by atoms with Crippen LogP contribution in [0.1, 0.15) is 12.5 Å². The van der Waals surface area contributed by atoms with Crippen LogP contribution in [0.4, 0.5) is 5.69 Å². The molecule has 0 aliphatic carbocycles. The van der Waals surface area contributed by atoms with E-state index in [9.17, 15) is 13.5 Å². The van der Waals surface area contributed by atoms with E-state index in [4.69, 9.17) is 21.3 Å². The SMILES string of the molecule is COc1cc(CO)c(-c2cn3ccc(N4CCN(S(C)(=O)=O)C(C)C4)cc3n2)cc1Cl. The summed E-state index contributed by atoms with van der Waals surface area (Å²) in [6, 6.07) is 7.34. The van der Waals surface area contributed by atoms with Gasteiger partial charge in [0.15, 0.2) is 0 Å². The maximum Gasteiger partial charge on any atom is 0.211 e. The number of hydrogen-bond donors (Lipinski definition) is 1. The number of rotatable bonds is 5. The Bertz CT molecular complexity index is 1230. The number of fused-ring (bicyclic) bond motifs is 1. The first-order chi connectivity index (χ1) is 14.7. The van der Waals surface area contributed by atoms with E-state index in [-0.39, 0.29) is 12.6 Å². The molecule has 3 aromatic rings. The molecule has 1 aliphatic rings. The summed E-state index contributed by atoms with van der Waals surface area (Å²) in [7, 11) is -1.68. The number of halogens is 1. The number of benzene rings is 1. The molecule has 8 nitrogen and oxygen atoms in total. The second-order valence-electron chi connectivity index (χ2n) is 7.75. The number of pyridine rings is 1. The summed E-state index contributed by atoms with van der Waals surface area (Å²) in [6.07, 6.45) is 5.07. The van der Waals surface area contributed by atoms with Crippen molar-refractivity contribution in [3.8, 4) is 17.0 Å². The third kappa shape index (κ3) is 4.23. The molecule has 166 valence electrons. The fourth-order valence-electron chi connectivity index (χ4n) is 4.09. The molecule has 0 amide bonds. The van der Waals surface area contributed by atoms with E-state index in [0.29, 0.717) is 41.7 Å². The number of aliphatic hydroxyl groups is 1. The summed E-state index contributed by atoms with van der Waals surface area (Å²) < 4.78 is 32.5. The molecule has 1 unspecified atom stereocenters. The van der Waals surface area contributed by atoms with Crippen LogP contribution in [0.2, 0.25) is 5.02 Å². The molecule has 0 spiro atoms. The molecule has 1 saturated heterocycles. The van der Waals surface area contributed by atoms with E-state index >= 15 is 0 Å². The van der Waals surface area contributed by atoms with Crippen molar-refractivity contribution < 1.29 is 18.3 Å². The zero-order chi connectivity index (χ0) is 22.3. The normalized spacial score (nSPS) is 18.0. The second-order valence-corrected chi connectivity index (χ2v) is 10.1. The van der Waals surface area contributed by atoms with Crippen molar-refractivity contribution >= 4 is 33.0 Å². The van der Waals surface area contributed by atoms with E-state index < -0.39 is 10.0 Å². The molecule has 0 saturated carbocycles. The average Bonchev–Trinajstić information content (AvgIpc) is 3.15. The topological polar surface area (TPSA) is 87.4 Å². The van der Waals surface area contributed by atoms with Crippen LogP contribution in [0.3, 0.4) is 0 Å². The van der Waals surface area contributed by atoms with Crippen LogP contribution in [0.25, 0.3) is 16.9 Å². The molecule has 1 atom stereocenters. The molecule has 1 aliphatic heterocycles. The van der Waals surface area contributed by atoms with Crippen molar-refractivity contribution in [2.45, 2.75) is 19.6 Å². The van der Waals surface area contributed by atoms with Crippen LogP contribution < -0.4 is 9.64 Å². The van der Waals surface area contributed by atoms with Crippen molar-refractivity contribution in [2.75, 3.05) is 37.9 Å². The van der Waals surface area contributed by atoms with Crippen LogP contribution in [0.5, 0.6) is 5.75 Å². The van der Waals surface area contributed by atoms with Crippen LogP contribution in [0.15, 0.2) is 36.7 Å². The molecule has 10 heteroatoms. The summed E-state index contributed by atoms with van der Waals surface area (Å²) in [4.78, 5) is 6.91. The first-order valence-corrected chi connectivity index (χ1v) is 12.1. The Balaban J connectivity index is 1.65. The maximum atomic E-state index is 11.9. The number of ether oxygens (including phenoxy) is 1. The second kappa shape index (κ2) is 8.31. The summed E-state index contributed by atoms with van der Waals surface area (Å²) >= 11 is 6.30. The van der Waals surface area contributed by atoms with Gasteiger partial charge in [-0.15, -0.1) is 0 Å². The van der Waals surface area contributed by atoms with E-state index in [1.807, 2.05) is 35.9 Å². The molecule has 31 heavy (non-hydrogen) atoms. The van der Waals surface area contributed by atoms with Gasteiger partial charge in [-0.2, -0.15) is 4.31 Å². The number of sulfonamides is 1. The summed E-state index contributed by atoms with van der Waals surface area (Å²) in [6.45, 7) is 3.44. The molecule has 2 aromatic heterocycles. The number of imidazole rings is 1. The van der Waals surface area contributed by atoms with E-state index in [1.54, 1.807) is 16.4 Å². The van der Waals surface area contributed by atoms with Gasteiger partial charge in [-0.3, -0.25) is 0 Å². The molecular weight excluding hydrogens is 440 g/mol. The smallest absolute Gasteiger partial charge is 0.211 e. The molecule has 0 radical (unpaired) electrons. The lowest BCUT2D eigenvalue weighted by Crippen LogP contribution is -2.53. The van der Waals surface area contributed by atoms with Gasteiger partial charge in [0, 0.05) is 55.4 Å². The maximum absolute atomic E-state index is 11.9. The lowest BCUT2D eigenvalue weighted by molar-refractivity contribution is 0.281. The van der Waals surface area contributed by atoms with Crippen molar-refractivity contribution in [3.05, 3.63) is 47.2 Å². The highest BCUT2D eigenvalue weighted by Gasteiger charge is 2.30. The predicted octanol–water partition coefficient (Wildman–Crippen LogP) is 2.63. The standard InChI is InChI=1S/C21H25ClN4O4S/c1-14-11-24(6-7-26(14)31(3,28)29)16-4-5-25-12-19(23-21(25)9-16)17-10-18(22)20(30-2)8-15(17)13-27/h4-5,8-10,12,14,27H,6-7,11,13H2,1-3H3. The fraction of sp³-hybridized carbons (Fsp3) is 0.381. The summed E-state index contributed by atoms with van der Waals surface area (Å²) in [5.41, 5.74) is 3.85. The third-order valence-corrected chi connectivity index (χ3v) is 7.32. The molecule has 3 heterocycles. The van der Waals surface area contributed by atoms with E-state index in [0.717, 1.165) is 16.9 Å². The Morgan fingerprint density at radius 2 is 2.06 bits per heavy atom. The van der Waals surface area contributed by atoms with Crippen molar-refractivity contribution in [3.63, 3.8) is 0 Å². The van der Waals surface area contributed by atoms with Crippen LogP contribution in [-0.2, 0) is 16.6 Å². The summed E-state index contributed by atoms with van der Waals surface area (Å²) in [5.74, 6) is 0.503. The number of methoxy groups -OCH3 is 1. The lowest BCUT2D eigenvalue weighted by atomic mass is 10.1. The van der Waals surface area contributed by atoms with Gasteiger partial charge < -0.3 is 19.1 Å². The quantitative estimate of drug-likeness (QED) is 0.624. The van der Waals surface area contributed by atoms with E-state index in [2.05, 4.69) is 4.90 Å². The first kappa shape index (κ1) is 21.9. The molecule has 1 fully saturated rings. The van der Waals surface area contributed by atoms with Crippen molar-refractivity contribution in [2.24, 2.45) is 0 Å². The Morgan fingerprint density at radius 3 is 2.71 bits per heavy atom. The highest BCUT2D eigenvalue weighted by Crippen LogP contribution is 2.34. The van der Waals surface area contributed by atoms with Crippen LogP contribution in [-0.4, -0.2) is 66.3 Å². The molecule has 1 N–H and O–H groups in total. The number of piperazine rings is 1. The number of hydrogen-bond acceptors (Lipinski definition) is 6. The molecule has 4 rings (SSSR count). The fourth-order valence-corrected chi connectivity index (χ4v) is 5.46. The van der Waals surface area contributed by atoms with E-state index in [1.165, 1.54) is 13.4 Å². The Labute approximate surface area is 186 Å². The number of aliphatic hydroxyl groups excluding tert-OH is 1. The average molecular weight is 465 g/mol. The van der Waals surface area contributed by atoms with Gasteiger partial charge in [-0.05, 0) is 30.7 Å². The van der Waals surface area contributed by atoms with Crippen LogP contribution in [0, 0.1) is 0 Å². The van der Waals surface area contributed by atoms with Gasteiger partial charge in [0.2, 0.25) is 10.0 Å². The van der Waals surface area contributed by atoms with Gasteiger partial charge in [0.1, 0.15) is 11.4 Å². The van der Waals surface area contributed by atoms with Crippen molar-refractivity contribution in [1.82, 2.24) is 13.7 Å². The van der Waals surface area contributed by atoms with Crippen molar-refractivity contribution in [1.29, 1.82) is 0 Å². The minimum atomic E-state index is -3.21. The predicted molar refractivity (Wildman–Crippen MR) is 121 cm³/mol. The number of anilines is 1. The Morgan fingerprint density at radius 1 is 1.29 bits per heavy atom. The monoisotopic (exact) mass is 464 g/mol. The first-order valence-electron chi connectivity index (χ1n) is 9.89. The highest BCUT2D eigenvalue weighted by atomic mass is 35.5. The Hall–Kier alpha value is -2.33. The minimum Gasteiger partial charge on any atom is -0.495 e. The van der Waals surface area contributed by atoms with Gasteiger partial charge in [-0.25, -0.2) is 13.4 Å². The number of nitrogens with zero attached hydrogens (tertiary/aromatic N) is 4. The molecule has 0 bridgehead atoms. The molecule has 1 aromatic carbocycles. The van der Waals surface area contributed by atoms with Crippen LogP contribution >= 0.6 is 11.6 Å². The zero-order valence-electron chi connectivity index (χ0n) is 17.6. The van der Waals surface area contributed by atoms with Gasteiger partial charge in [0.25, 0.3) is 0 Å². The largest absolute Gasteiger partial charge is 0.495 e. The third-order valence-electron chi connectivity index (χ3n) is 5.63. The Kier molecular flexibility index (Phi) is 5.87. The minimum absolute atomic E-state index is 0.108. The number of aromatic nitrogens is 2. The van der Waals surface area contributed by atoms with Gasteiger partial charge in [-0.1, -0.05) is 11.6 Å². The zero-order valence-corrected chi connectivity index (χ0v) is 19.2. The highest BCUT2D eigenvalue weighted by molar-refractivity contribution is 7.88. The summed E-state index contributed by atoms with van der Waals surface area (Å²) in [5, 5.41) is 10.2. The van der Waals surface area contributed by atoms with Gasteiger partial charge in [0.05, 0.1) is 30.7 Å².